The Morgan fingerprint density at radius 3 is 1.82 bits per heavy atom. The monoisotopic (exact) mass is 503 g/mol. The van der Waals surface area contributed by atoms with E-state index in [4.69, 9.17) is 4.43 Å². The lowest BCUT2D eigenvalue weighted by atomic mass is 10.0. The zero-order valence-electron chi connectivity index (χ0n) is 22.0. The predicted molar refractivity (Wildman–Crippen MR) is 147 cm³/mol. The number of rotatable bonds is 10. The Bertz CT molecular complexity index is 910. The molecule has 0 aliphatic heterocycles. The summed E-state index contributed by atoms with van der Waals surface area (Å²) in [5, 5.41) is 2.30. The number of hydrogen-bond acceptors (Lipinski definition) is 2. The van der Waals surface area contributed by atoms with Gasteiger partial charge < -0.3 is 4.43 Å². The minimum absolute atomic E-state index is 0.0276. The lowest BCUT2D eigenvalue weighted by Gasteiger charge is -2.43. The topological polar surface area (TPSA) is 38.3 Å². The van der Waals surface area contributed by atoms with Crippen molar-refractivity contribution in [2.45, 2.75) is 77.6 Å². The normalized spacial score (nSPS) is 15.4. The van der Waals surface area contributed by atoms with E-state index in [2.05, 4.69) is 74.0 Å². The maximum atomic E-state index is 15.2. The second-order valence-corrected chi connectivity index (χ2v) is 17.4. The van der Waals surface area contributed by atoms with Gasteiger partial charge in [-0.05, 0) is 54.6 Å². The molecule has 0 amide bonds. The van der Waals surface area contributed by atoms with Crippen molar-refractivity contribution in [2.75, 3.05) is 6.61 Å². The van der Waals surface area contributed by atoms with Crippen molar-refractivity contribution in [3.05, 3.63) is 72.6 Å². The molecule has 0 aromatic heterocycles. The molecule has 0 aliphatic carbocycles. The van der Waals surface area contributed by atoms with Gasteiger partial charge in [-0.3, -0.25) is 0 Å². The lowest BCUT2D eigenvalue weighted by molar-refractivity contribution is 0.302. The second-order valence-electron chi connectivity index (χ2n) is 11.1. The molecule has 1 unspecified atom stereocenters. The number of benzene rings is 2. The Labute approximate surface area is 209 Å². The van der Waals surface area contributed by atoms with E-state index in [-0.39, 0.29) is 16.8 Å². The van der Waals surface area contributed by atoms with Crippen molar-refractivity contribution >= 4 is 29.7 Å². The third-order valence-corrected chi connectivity index (χ3v) is 12.6. The first-order valence-corrected chi connectivity index (χ1v) is 15.1. The summed E-state index contributed by atoms with van der Waals surface area (Å²) in [6, 6.07) is 20.3. The van der Waals surface area contributed by atoms with Crippen LogP contribution in [-0.4, -0.2) is 29.9 Å². The summed E-state index contributed by atoms with van der Waals surface area (Å²) in [6.07, 6.45) is 2.04. The van der Waals surface area contributed by atoms with Crippen molar-refractivity contribution < 1.29 is 13.0 Å². The van der Waals surface area contributed by atoms with Crippen molar-refractivity contribution in [3.63, 3.8) is 0 Å². The van der Waals surface area contributed by atoms with Crippen molar-refractivity contribution in [1.29, 1.82) is 0 Å². The van der Waals surface area contributed by atoms with E-state index in [1.54, 1.807) is 6.08 Å². The lowest BCUT2D eigenvalue weighted by Crippen LogP contribution is -2.66. The first-order chi connectivity index (χ1) is 15.8. The maximum absolute atomic E-state index is 15.2. The van der Waals surface area contributed by atoms with Crippen molar-refractivity contribution in [3.8, 4) is 0 Å². The smallest absolute Gasteiger partial charge is 0.261 e. The van der Waals surface area contributed by atoms with Gasteiger partial charge in [-0.1, -0.05) is 95.3 Å². The third-order valence-electron chi connectivity index (χ3n) is 5.95. The van der Waals surface area contributed by atoms with Crippen LogP contribution in [0.15, 0.2) is 72.6 Å². The fourth-order valence-electron chi connectivity index (χ4n) is 4.10. The highest BCUT2D eigenvalue weighted by atomic mass is 32.2. The first kappa shape index (κ1) is 28.6. The number of nitrogens with one attached hydrogen (secondary N) is 1. The molecule has 188 valence electrons. The molecule has 2 atom stereocenters. The molecule has 3 nitrogen and oxygen atoms in total. The van der Waals surface area contributed by atoms with Gasteiger partial charge >= 0.3 is 0 Å². The molecule has 0 heterocycles. The highest BCUT2D eigenvalue weighted by Gasteiger charge is 2.49. The van der Waals surface area contributed by atoms with Crippen LogP contribution in [0.5, 0.6) is 0 Å². The summed E-state index contributed by atoms with van der Waals surface area (Å²) in [4.78, 5) is 0. The summed E-state index contributed by atoms with van der Waals surface area (Å²) in [7, 11) is -3.98. The largest absolute Gasteiger partial charge is 0.407 e. The molecule has 6 heteroatoms. The van der Waals surface area contributed by atoms with E-state index in [0.717, 1.165) is 0 Å². The van der Waals surface area contributed by atoms with E-state index < -0.39 is 30.1 Å². The van der Waals surface area contributed by atoms with E-state index in [0.29, 0.717) is 13.0 Å². The van der Waals surface area contributed by atoms with E-state index in [9.17, 15) is 4.21 Å². The summed E-state index contributed by atoms with van der Waals surface area (Å²) in [5.41, 5.74) is 0. The van der Waals surface area contributed by atoms with Crippen LogP contribution >= 0.6 is 0 Å². The SMILES string of the molecule is CC(C)[C@@H](NS(=O)C(C)(C)C)/C(F)=C/CCO[Si](c1ccccc1)(c1ccccc1)C(C)(C)C. The Morgan fingerprint density at radius 1 is 0.971 bits per heavy atom. The van der Waals surface area contributed by atoms with Gasteiger partial charge in [0.1, 0.15) is 5.83 Å². The molecule has 0 radical (unpaired) electrons. The fourth-order valence-corrected chi connectivity index (χ4v) is 9.65. The average Bonchev–Trinajstić information content (AvgIpc) is 2.76. The van der Waals surface area contributed by atoms with Gasteiger partial charge in [0.2, 0.25) is 0 Å². The van der Waals surface area contributed by atoms with E-state index >= 15 is 4.39 Å². The Balaban J connectivity index is 2.29. The average molecular weight is 504 g/mol. The van der Waals surface area contributed by atoms with Crippen LogP contribution in [0.4, 0.5) is 4.39 Å². The Kier molecular flexibility index (Phi) is 10.0. The van der Waals surface area contributed by atoms with Crippen LogP contribution < -0.4 is 15.1 Å². The molecule has 34 heavy (non-hydrogen) atoms. The van der Waals surface area contributed by atoms with Crippen LogP contribution in [0.1, 0.15) is 61.8 Å². The molecule has 0 aliphatic rings. The molecule has 0 bridgehead atoms. The molecule has 2 rings (SSSR count). The van der Waals surface area contributed by atoms with Crippen LogP contribution in [0, 0.1) is 5.92 Å². The first-order valence-electron chi connectivity index (χ1n) is 12.1. The van der Waals surface area contributed by atoms with E-state index in [1.807, 2.05) is 46.8 Å². The van der Waals surface area contributed by atoms with Crippen LogP contribution in [-0.2, 0) is 15.4 Å². The van der Waals surface area contributed by atoms with Gasteiger partial charge in [-0.2, -0.15) is 0 Å². The standard InChI is InChI=1S/C28H42FNO2SSi/c1-22(2)26(30-33(31)27(3,4)5)25(29)20-15-21-32-34(28(6,7)8,23-16-11-9-12-17-23)24-18-13-10-14-19-24/h9-14,16-20,22,26,30H,15,21H2,1-8H3/b25-20-/t26-,33?/m1/s1. The number of hydrogen-bond donors (Lipinski definition) is 1. The Morgan fingerprint density at radius 2 is 1.44 bits per heavy atom. The van der Waals surface area contributed by atoms with Gasteiger partial charge in [0.05, 0.1) is 21.8 Å². The summed E-state index contributed by atoms with van der Waals surface area (Å²) < 4.78 is 37.1. The van der Waals surface area contributed by atoms with Crippen molar-refractivity contribution in [1.82, 2.24) is 4.72 Å². The highest BCUT2D eigenvalue weighted by molar-refractivity contribution is 7.84. The van der Waals surface area contributed by atoms with E-state index in [1.165, 1.54) is 10.4 Å². The minimum Gasteiger partial charge on any atom is -0.407 e. The molecule has 1 N–H and O–H groups in total. The molecule has 0 saturated carbocycles. The van der Waals surface area contributed by atoms with Crippen LogP contribution in [0.2, 0.25) is 5.04 Å². The highest BCUT2D eigenvalue weighted by Crippen LogP contribution is 2.36. The minimum atomic E-state index is -2.64. The second kappa shape index (κ2) is 11.9. The summed E-state index contributed by atoms with van der Waals surface area (Å²) in [5.74, 6) is -0.307. The van der Waals surface area contributed by atoms with Gasteiger partial charge in [-0.15, -0.1) is 0 Å². The third kappa shape index (κ3) is 6.97. The van der Waals surface area contributed by atoms with Crippen molar-refractivity contribution in [2.24, 2.45) is 5.92 Å². The fraction of sp³-hybridized carbons (Fsp3) is 0.500. The van der Waals surface area contributed by atoms with Gasteiger partial charge in [0, 0.05) is 6.61 Å². The summed E-state index contributed by atoms with van der Waals surface area (Å²) >= 11 is 0. The van der Waals surface area contributed by atoms with Crippen LogP contribution in [0.25, 0.3) is 0 Å². The van der Waals surface area contributed by atoms with Gasteiger partial charge in [0.25, 0.3) is 8.32 Å². The Hall–Kier alpha value is -1.60. The molecule has 0 saturated heterocycles. The molecular formula is C28H42FNO2SSi. The zero-order valence-corrected chi connectivity index (χ0v) is 23.8. The predicted octanol–water partition coefficient (Wildman–Crippen LogP) is 5.88. The molecule has 0 spiro atoms. The molecule has 2 aromatic rings. The number of halogens is 1. The van der Waals surface area contributed by atoms with Crippen LogP contribution in [0.3, 0.4) is 0 Å². The molecule has 2 aromatic carbocycles. The summed E-state index contributed by atoms with van der Waals surface area (Å²) in [6.45, 7) is 16.6. The zero-order chi connectivity index (χ0) is 25.6. The molecule has 0 fully saturated rings. The van der Waals surface area contributed by atoms with Gasteiger partial charge in [-0.25, -0.2) is 13.3 Å². The quantitative estimate of drug-likeness (QED) is 0.325. The molecular weight excluding hydrogens is 461 g/mol. The van der Waals surface area contributed by atoms with Gasteiger partial charge in [0.15, 0.2) is 0 Å². The maximum Gasteiger partial charge on any atom is 0.261 e.